The number of quaternary nitrogens is 1. The van der Waals surface area contributed by atoms with E-state index < -0.39 is 0 Å². The Bertz CT molecular complexity index is 1110. The lowest BCUT2D eigenvalue weighted by molar-refractivity contribution is -0.918. The van der Waals surface area contributed by atoms with E-state index in [1.54, 1.807) is 24.3 Å². The molecule has 0 radical (unpaired) electrons. The summed E-state index contributed by atoms with van der Waals surface area (Å²) < 4.78 is 1.09. The fraction of sp³-hybridized carbons (Fsp3) is 0.318. The summed E-state index contributed by atoms with van der Waals surface area (Å²) in [6, 6.07) is 17.1. The molecule has 1 aliphatic rings. The van der Waals surface area contributed by atoms with Crippen LogP contribution in [0.2, 0.25) is 0 Å². The molecule has 2 aromatic carbocycles. The number of aromatic amines is 1. The predicted molar refractivity (Wildman–Crippen MR) is 111 cm³/mol. The minimum absolute atomic E-state index is 0.102. The molecule has 0 atom stereocenters. The molecule has 1 aliphatic heterocycles. The molecule has 0 saturated carbocycles. The second-order valence-electron chi connectivity index (χ2n) is 7.63. The average Bonchev–Trinajstić information content (AvgIpc) is 2.74. The lowest BCUT2D eigenvalue weighted by atomic mass is 10.0. The highest BCUT2D eigenvalue weighted by molar-refractivity contribution is 5.81. The number of benzene rings is 2. The van der Waals surface area contributed by atoms with Crippen LogP contribution in [-0.2, 0) is 17.9 Å². The number of amides is 1. The van der Waals surface area contributed by atoms with E-state index in [4.69, 9.17) is 0 Å². The Kier molecular flexibility index (Phi) is 5.57. The van der Waals surface area contributed by atoms with Crippen LogP contribution in [0.1, 0.15) is 18.4 Å². The van der Waals surface area contributed by atoms with E-state index in [1.165, 1.54) is 10.5 Å². The number of carbonyl (C=O) groups is 1. The minimum Gasteiger partial charge on any atom is -0.351 e. The predicted octanol–water partition coefficient (Wildman–Crippen LogP) is 0.0535. The van der Waals surface area contributed by atoms with Crippen molar-refractivity contribution in [1.29, 1.82) is 0 Å². The van der Waals surface area contributed by atoms with Crippen molar-refractivity contribution in [2.75, 3.05) is 13.1 Å². The molecule has 29 heavy (non-hydrogen) atoms. The molecule has 1 fully saturated rings. The minimum atomic E-state index is -0.370. The van der Waals surface area contributed by atoms with Gasteiger partial charge in [0.05, 0.1) is 23.9 Å². The van der Waals surface area contributed by atoms with Crippen molar-refractivity contribution in [2.24, 2.45) is 0 Å². The number of fused-ring (bicyclic) bond motifs is 1. The number of hydrogen-bond acceptors (Lipinski definition) is 3. The summed E-state index contributed by atoms with van der Waals surface area (Å²) in [4.78, 5) is 38.7. The zero-order valence-corrected chi connectivity index (χ0v) is 16.2. The first-order valence-corrected chi connectivity index (χ1v) is 9.99. The number of likely N-dealkylation sites (tertiary alicyclic amines) is 1. The Morgan fingerprint density at radius 3 is 2.38 bits per heavy atom. The molecule has 3 N–H and O–H groups in total. The van der Waals surface area contributed by atoms with Crippen LogP contribution in [0.3, 0.4) is 0 Å². The molecule has 7 nitrogen and oxygen atoms in total. The van der Waals surface area contributed by atoms with E-state index in [0.717, 1.165) is 37.2 Å². The van der Waals surface area contributed by atoms with Gasteiger partial charge in [0.25, 0.3) is 11.1 Å². The van der Waals surface area contributed by atoms with Crippen LogP contribution in [0, 0.1) is 0 Å². The van der Waals surface area contributed by atoms with Crippen molar-refractivity contribution in [2.45, 2.75) is 32.0 Å². The molecular formula is C22H25N4O3+. The Hall–Kier alpha value is -3.19. The van der Waals surface area contributed by atoms with Crippen molar-refractivity contribution in [3.8, 4) is 0 Å². The molecule has 2 heterocycles. The third kappa shape index (κ3) is 4.46. The van der Waals surface area contributed by atoms with Crippen LogP contribution in [-0.4, -0.2) is 34.8 Å². The van der Waals surface area contributed by atoms with E-state index in [9.17, 15) is 14.4 Å². The molecule has 1 saturated heterocycles. The van der Waals surface area contributed by atoms with Crippen LogP contribution in [0.25, 0.3) is 10.8 Å². The average molecular weight is 393 g/mol. The molecule has 4 rings (SSSR count). The van der Waals surface area contributed by atoms with Crippen molar-refractivity contribution in [1.82, 2.24) is 15.1 Å². The van der Waals surface area contributed by atoms with Crippen LogP contribution in [0.15, 0.2) is 64.2 Å². The standard InChI is InChI=1S/C22H24N4O3/c27-20(15-26-22(29)19-9-5-4-8-18(19)21(28)24-26)23-17-10-12-25(13-11-17)14-16-6-2-1-3-7-16/h1-9,17H,10-15H2,(H,23,27)(H,24,28)/p+1. The van der Waals surface area contributed by atoms with E-state index in [1.807, 2.05) is 6.07 Å². The molecule has 1 aromatic heterocycles. The molecule has 3 aromatic rings. The summed E-state index contributed by atoms with van der Waals surface area (Å²) in [5.41, 5.74) is 0.591. The topological polar surface area (TPSA) is 88.4 Å². The van der Waals surface area contributed by atoms with Gasteiger partial charge in [-0.15, -0.1) is 0 Å². The van der Waals surface area contributed by atoms with E-state index in [0.29, 0.717) is 10.8 Å². The highest BCUT2D eigenvalue weighted by Gasteiger charge is 2.23. The fourth-order valence-corrected chi connectivity index (χ4v) is 4.01. The smallest absolute Gasteiger partial charge is 0.273 e. The summed E-state index contributed by atoms with van der Waals surface area (Å²) in [6.45, 7) is 2.80. The number of nitrogens with zero attached hydrogens (tertiary/aromatic N) is 1. The summed E-state index contributed by atoms with van der Waals surface area (Å²) >= 11 is 0. The number of nitrogens with one attached hydrogen (secondary N) is 3. The molecule has 0 aliphatic carbocycles. The van der Waals surface area contributed by atoms with Crippen molar-refractivity contribution in [3.63, 3.8) is 0 Å². The van der Waals surface area contributed by atoms with Gasteiger partial charge in [-0.05, 0) is 12.1 Å². The number of rotatable bonds is 5. The van der Waals surface area contributed by atoms with Gasteiger partial charge < -0.3 is 10.2 Å². The first-order chi connectivity index (χ1) is 14.1. The van der Waals surface area contributed by atoms with Crippen LogP contribution >= 0.6 is 0 Å². The van der Waals surface area contributed by atoms with Gasteiger partial charge in [0.2, 0.25) is 5.91 Å². The van der Waals surface area contributed by atoms with Crippen LogP contribution in [0.5, 0.6) is 0 Å². The largest absolute Gasteiger partial charge is 0.351 e. The fourth-order valence-electron chi connectivity index (χ4n) is 4.01. The summed E-state index contributed by atoms with van der Waals surface area (Å²) in [7, 11) is 0. The van der Waals surface area contributed by atoms with Crippen LogP contribution < -0.4 is 21.3 Å². The molecular weight excluding hydrogens is 368 g/mol. The second kappa shape index (κ2) is 8.45. The van der Waals surface area contributed by atoms with Gasteiger partial charge in [-0.3, -0.25) is 19.5 Å². The lowest BCUT2D eigenvalue weighted by Gasteiger charge is -2.29. The molecule has 0 spiro atoms. The third-order valence-corrected chi connectivity index (χ3v) is 5.54. The van der Waals surface area contributed by atoms with Crippen LogP contribution in [0.4, 0.5) is 0 Å². The zero-order chi connectivity index (χ0) is 20.2. The molecule has 0 unspecified atom stereocenters. The Balaban J connectivity index is 1.34. The Morgan fingerprint density at radius 2 is 1.66 bits per heavy atom. The maximum atomic E-state index is 12.5. The lowest BCUT2D eigenvalue weighted by Crippen LogP contribution is -3.12. The van der Waals surface area contributed by atoms with Gasteiger partial charge in [0.1, 0.15) is 13.1 Å². The number of H-pyrrole nitrogens is 1. The Morgan fingerprint density at radius 1 is 1.00 bits per heavy atom. The first kappa shape index (κ1) is 19.1. The molecule has 150 valence electrons. The van der Waals surface area contributed by atoms with Gasteiger partial charge in [0, 0.05) is 24.4 Å². The van der Waals surface area contributed by atoms with Gasteiger partial charge in [-0.25, -0.2) is 4.68 Å². The van der Waals surface area contributed by atoms with Crippen molar-refractivity contribution < 1.29 is 9.69 Å². The van der Waals surface area contributed by atoms with Gasteiger partial charge >= 0.3 is 0 Å². The van der Waals surface area contributed by atoms with Gasteiger partial charge in [-0.2, -0.15) is 0 Å². The quantitative estimate of drug-likeness (QED) is 0.573. The normalized spacial score (nSPS) is 19.2. The summed E-state index contributed by atoms with van der Waals surface area (Å²) in [5, 5.41) is 6.17. The zero-order valence-electron chi connectivity index (χ0n) is 16.2. The number of aromatic nitrogens is 2. The number of hydrogen-bond donors (Lipinski definition) is 3. The molecule has 0 bridgehead atoms. The summed E-state index contributed by atoms with van der Waals surface area (Å²) in [6.07, 6.45) is 1.80. The monoisotopic (exact) mass is 393 g/mol. The van der Waals surface area contributed by atoms with E-state index in [-0.39, 0.29) is 29.6 Å². The van der Waals surface area contributed by atoms with Gasteiger partial charge in [0.15, 0.2) is 0 Å². The number of carbonyl (C=O) groups excluding carboxylic acids is 1. The van der Waals surface area contributed by atoms with E-state index in [2.05, 4.69) is 34.7 Å². The first-order valence-electron chi connectivity index (χ1n) is 9.99. The maximum Gasteiger partial charge on any atom is 0.273 e. The highest BCUT2D eigenvalue weighted by atomic mass is 16.2. The summed E-state index contributed by atoms with van der Waals surface area (Å²) in [5.74, 6) is -0.255. The third-order valence-electron chi connectivity index (χ3n) is 5.54. The maximum absolute atomic E-state index is 12.5. The van der Waals surface area contributed by atoms with E-state index >= 15 is 0 Å². The molecule has 1 amide bonds. The van der Waals surface area contributed by atoms with Crippen molar-refractivity contribution >= 4 is 16.7 Å². The number of piperidine rings is 1. The van der Waals surface area contributed by atoms with Crippen molar-refractivity contribution in [3.05, 3.63) is 80.9 Å². The molecule has 7 heteroatoms. The second-order valence-corrected chi connectivity index (χ2v) is 7.63. The van der Waals surface area contributed by atoms with Gasteiger partial charge in [-0.1, -0.05) is 42.5 Å². The Labute approximate surface area is 167 Å². The highest BCUT2D eigenvalue weighted by Crippen LogP contribution is 2.04. The SMILES string of the molecule is O=C(Cn1[nH]c(=O)c2ccccc2c1=O)NC1CC[NH+](Cc2ccccc2)CC1.